The van der Waals surface area contributed by atoms with Crippen LogP contribution in [-0.4, -0.2) is 24.2 Å². The lowest BCUT2D eigenvalue weighted by atomic mass is 10.1. The van der Waals surface area contributed by atoms with Crippen molar-refractivity contribution < 1.29 is 23.5 Å². The molecule has 0 aromatic heterocycles. The molecule has 1 amide bonds. The van der Waals surface area contributed by atoms with Crippen molar-refractivity contribution in [2.75, 3.05) is 7.11 Å². The van der Waals surface area contributed by atoms with E-state index >= 15 is 0 Å². The third-order valence-electron chi connectivity index (χ3n) is 4.77. The number of methoxy groups -OCH3 is 1. The molecule has 6 nitrogen and oxygen atoms in total. The Morgan fingerprint density at radius 3 is 2.58 bits per heavy atom. The second kappa shape index (κ2) is 9.70. The molecule has 8 heteroatoms. The number of aliphatic imine (C=N–C) groups is 1. The lowest BCUT2D eigenvalue weighted by molar-refractivity contribution is -0.115. The van der Waals surface area contributed by atoms with E-state index in [1.807, 2.05) is 31.2 Å². The van der Waals surface area contributed by atoms with Gasteiger partial charge in [0.15, 0.2) is 16.7 Å². The maximum Gasteiger partial charge on any atom is 0.346 e. The molecule has 0 atom stereocenters. The maximum atomic E-state index is 13.9. The molecule has 1 N–H and O–H groups in total. The highest BCUT2D eigenvalue weighted by Gasteiger charge is 2.24. The number of hydrogen-bond acceptors (Lipinski definition) is 6. The number of amidine groups is 1. The normalized spacial score (nSPS) is 15.5. The molecule has 0 radical (unpaired) electrons. The standard InChI is InChI=1S/C25H19FN2O4S/c1-15-7-3-6-10-19(15)27-25-28-23(29)22(33-25)14-16-11-12-20(21(13-16)31-2)32-24(30)17-8-4-5-9-18(17)26/h3-14H,1-2H3,(H,27,28,29). The van der Waals surface area contributed by atoms with Crippen molar-refractivity contribution in [2.24, 2.45) is 4.99 Å². The maximum absolute atomic E-state index is 13.9. The van der Waals surface area contributed by atoms with Crippen LogP contribution in [0, 0.1) is 12.7 Å². The van der Waals surface area contributed by atoms with Gasteiger partial charge < -0.3 is 14.8 Å². The van der Waals surface area contributed by atoms with E-state index in [1.165, 1.54) is 43.1 Å². The van der Waals surface area contributed by atoms with E-state index in [4.69, 9.17) is 9.47 Å². The first-order chi connectivity index (χ1) is 15.9. The highest BCUT2D eigenvalue weighted by Crippen LogP contribution is 2.33. The van der Waals surface area contributed by atoms with Crippen LogP contribution in [0.2, 0.25) is 0 Å². The van der Waals surface area contributed by atoms with E-state index < -0.39 is 11.8 Å². The van der Waals surface area contributed by atoms with E-state index in [2.05, 4.69) is 10.3 Å². The molecule has 1 saturated heterocycles. The van der Waals surface area contributed by atoms with Crippen molar-refractivity contribution in [2.45, 2.75) is 6.92 Å². The summed E-state index contributed by atoms with van der Waals surface area (Å²) in [5.74, 6) is -1.36. The molecule has 3 aromatic carbocycles. The number of nitrogens with one attached hydrogen (secondary N) is 1. The second-order valence-corrected chi connectivity index (χ2v) is 8.08. The Morgan fingerprint density at radius 1 is 1.06 bits per heavy atom. The topological polar surface area (TPSA) is 77.0 Å². The van der Waals surface area contributed by atoms with E-state index in [0.717, 1.165) is 11.3 Å². The van der Waals surface area contributed by atoms with Crippen LogP contribution >= 0.6 is 11.8 Å². The van der Waals surface area contributed by atoms with Crippen molar-refractivity contribution in [3.8, 4) is 11.5 Å². The Bertz CT molecular complexity index is 1300. The first-order valence-corrected chi connectivity index (χ1v) is 10.8. The van der Waals surface area contributed by atoms with Gasteiger partial charge in [-0.3, -0.25) is 4.79 Å². The highest BCUT2D eigenvalue weighted by atomic mass is 32.2. The zero-order valence-corrected chi connectivity index (χ0v) is 18.6. The van der Waals surface area contributed by atoms with Crippen LogP contribution in [0.15, 0.2) is 76.6 Å². The zero-order chi connectivity index (χ0) is 23.4. The fourth-order valence-corrected chi connectivity index (χ4v) is 3.90. The summed E-state index contributed by atoms with van der Waals surface area (Å²) in [5, 5.41) is 3.25. The third-order valence-corrected chi connectivity index (χ3v) is 5.68. The first kappa shape index (κ1) is 22.3. The number of para-hydroxylation sites is 1. The lowest BCUT2D eigenvalue weighted by Gasteiger charge is -2.10. The predicted octanol–water partition coefficient (Wildman–Crippen LogP) is 5.25. The second-order valence-electron chi connectivity index (χ2n) is 7.05. The van der Waals surface area contributed by atoms with Crippen LogP contribution in [0.5, 0.6) is 11.5 Å². The van der Waals surface area contributed by atoms with Gasteiger partial charge in [0, 0.05) is 0 Å². The Balaban J connectivity index is 1.54. The van der Waals surface area contributed by atoms with Crippen molar-refractivity contribution in [3.63, 3.8) is 0 Å². The number of ether oxygens (including phenoxy) is 2. The van der Waals surface area contributed by atoms with Gasteiger partial charge in [0.05, 0.1) is 23.3 Å². The molecule has 0 saturated carbocycles. The van der Waals surface area contributed by atoms with Gasteiger partial charge in [-0.25, -0.2) is 14.2 Å². The van der Waals surface area contributed by atoms with E-state index in [1.54, 1.807) is 24.3 Å². The molecule has 1 fully saturated rings. The number of carbonyl (C=O) groups excluding carboxylic acids is 2. The lowest BCUT2D eigenvalue weighted by Crippen LogP contribution is -2.19. The fourth-order valence-electron chi connectivity index (χ4n) is 3.07. The summed E-state index contributed by atoms with van der Waals surface area (Å²) in [7, 11) is 1.43. The summed E-state index contributed by atoms with van der Waals surface area (Å²) in [6, 6.07) is 18.0. The van der Waals surface area contributed by atoms with Gasteiger partial charge in [-0.15, -0.1) is 0 Å². The Morgan fingerprint density at radius 2 is 1.82 bits per heavy atom. The van der Waals surface area contributed by atoms with Gasteiger partial charge in [-0.1, -0.05) is 36.4 Å². The number of hydrogen-bond donors (Lipinski definition) is 1. The number of carbonyl (C=O) groups is 2. The SMILES string of the molecule is COc1cc(C=C2SC(=Nc3ccccc3C)NC2=O)ccc1OC(=O)c1ccccc1F. The molecular weight excluding hydrogens is 443 g/mol. The van der Waals surface area contributed by atoms with E-state index in [9.17, 15) is 14.0 Å². The average Bonchev–Trinajstić information content (AvgIpc) is 3.15. The predicted molar refractivity (Wildman–Crippen MR) is 126 cm³/mol. The number of aryl methyl sites for hydroxylation is 1. The minimum absolute atomic E-state index is 0.137. The molecule has 1 aliphatic rings. The molecule has 1 heterocycles. The van der Waals surface area contributed by atoms with Crippen molar-refractivity contribution in [1.82, 2.24) is 5.32 Å². The van der Waals surface area contributed by atoms with Crippen molar-refractivity contribution in [3.05, 3.63) is 94.1 Å². The van der Waals surface area contributed by atoms with Gasteiger partial charge in [0.2, 0.25) is 0 Å². The summed E-state index contributed by atoms with van der Waals surface area (Å²) >= 11 is 1.23. The Hall–Kier alpha value is -3.91. The van der Waals surface area contributed by atoms with Crippen LogP contribution in [-0.2, 0) is 4.79 Å². The number of halogens is 1. The molecule has 3 aromatic rings. The number of benzene rings is 3. The number of amides is 1. The average molecular weight is 463 g/mol. The van der Waals surface area contributed by atoms with Gasteiger partial charge in [0.25, 0.3) is 5.91 Å². The van der Waals surface area contributed by atoms with Crippen LogP contribution < -0.4 is 14.8 Å². The smallest absolute Gasteiger partial charge is 0.346 e. The number of nitrogens with zero attached hydrogens (tertiary/aromatic N) is 1. The minimum atomic E-state index is -0.833. The summed E-state index contributed by atoms with van der Waals surface area (Å²) in [4.78, 5) is 29.7. The van der Waals surface area contributed by atoms with Gasteiger partial charge >= 0.3 is 5.97 Å². The zero-order valence-electron chi connectivity index (χ0n) is 17.8. The van der Waals surface area contributed by atoms with Crippen LogP contribution in [0.3, 0.4) is 0 Å². The molecule has 33 heavy (non-hydrogen) atoms. The molecule has 0 aliphatic carbocycles. The first-order valence-electron chi connectivity index (χ1n) is 9.94. The molecule has 0 spiro atoms. The molecule has 166 valence electrons. The van der Waals surface area contributed by atoms with Crippen LogP contribution in [0.1, 0.15) is 21.5 Å². The third kappa shape index (κ3) is 5.12. The molecular formula is C25H19FN2O4S. The molecule has 1 aliphatic heterocycles. The molecule has 0 bridgehead atoms. The van der Waals surface area contributed by atoms with Crippen LogP contribution in [0.4, 0.5) is 10.1 Å². The quantitative estimate of drug-likeness (QED) is 0.318. The summed E-state index contributed by atoms with van der Waals surface area (Å²) in [6.45, 7) is 1.95. The van der Waals surface area contributed by atoms with E-state index in [-0.39, 0.29) is 23.0 Å². The van der Waals surface area contributed by atoms with Crippen molar-refractivity contribution in [1.29, 1.82) is 0 Å². The summed E-state index contributed by atoms with van der Waals surface area (Å²) in [6.07, 6.45) is 1.69. The van der Waals surface area contributed by atoms with Gasteiger partial charge in [-0.2, -0.15) is 0 Å². The monoisotopic (exact) mass is 462 g/mol. The molecule has 4 rings (SSSR count). The number of esters is 1. The Kier molecular flexibility index (Phi) is 6.55. The fraction of sp³-hybridized carbons (Fsp3) is 0.0800. The number of rotatable bonds is 5. The summed E-state index contributed by atoms with van der Waals surface area (Å²) < 4.78 is 24.5. The van der Waals surface area contributed by atoms with Crippen LogP contribution in [0.25, 0.3) is 6.08 Å². The van der Waals surface area contributed by atoms with E-state index in [0.29, 0.717) is 15.6 Å². The van der Waals surface area contributed by atoms with Gasteiger partial charge in [-0.05, 0) is 66.2 Å². The molecule has 0 unspecified atom stereocenters. The minimum Gasteiger partial charge on any atom is -0.493 e. The number of thioether (sulfide) groups is 1. The largest absolute Gasteiger partial charge is 0.493 e. The highest BCUT2D eigenvalue weighted by molar-refractivity contribution is 8.18. The van der Waals surface area contributed by atoms with Crippen molar-refractivity contribution >= 4 is 40.6 Å². The van der Waals surface area contributed by atoms with Gasteiger partial charge in [0.1, 0.15) is 5.82 Å². The summed E-state index contributed by atoms with van der Waals surface area (Å²) in [5.41, 5.74) is 2.27. The Labute approximate surface area is 194 Å².